The fraction of sp³-hybridized carbons (Fsp3) is 0. The third-order valence-electron chi connectivity index (χ3n) is 11.5. The summed E-state index contributed by atoms with van der Waals surface area (Å²) in [6, 6.07) is 72.5. The van der Waals surface area contributed by atoms with E-state index in [1.807, 2.05) is 22.7 Å². The van der Waals surface area contributed by atoms with E-state index in [9.17, 15) is 0 Å². The molecule has 0 aliphatic heterocycles. The topological polar surface area (TPSA) is 16.4 Å². The third kappa shape index (κ3) is 5.30. The third-order valence-corrected chi connectivity index (χ3v) is 13.7. The van der Waals surface area contributed by atoms with Crippen LogP contribution in [0.25, 0.3) is 95.7 Å². The molecule has 58 heavy (non-hydrogen) atoms. The van der Waals surface area contributed by atoms with Gasteiger partial charge in [-0.3, -0.25) is 0 Å². The average Bonchev–Trinajstić information content (AvgIpc) is 3.98. The van der Waals surface area contributed by atoms with Crippen molar-refractivity contribution in [3.63, 3.8) is 0 Å². The van der Waals surface area contributed by atoms with Gasteiger partial charge in [0.2, 0.25) is 0 Å². The van der Waals surface area contributed by atoms with Crippen LogP contribution in [0.1, 0.15) is 0 Å². The van der Waals surface area contributed by atoms with Crippen molar-refractivity contribution in [1.29, 1.82) is 0 Å². The molecule has 0 spiro atoms. The van der Waals surface area contributed by atoms with Crippen molar-refractivity contribution in [2.45, 2.75) is 0 Å². The number of rotatable bonds is 6. The minimum Gasteiger partial charge on any atom is -0.455 e. The predicted molar refractivity (Wildman–Crippen MR) is 250 cm³/mol. The molecule has 272 valence electrons. The van der Waals surface area contributed by atoms with Crippen LogP contribution in [0.15, 0.2) is 205 Å². The summed E-state index contributed by atoms with van der Waals surface area (Å²) in [7, 11) is 0. The molecule has 9 aromatic carbocycles. The summed E-state index contributed by atoms with van der Waals surface area (Å²) in [5, 5.41) is 7.23. The normalized spacial score (nSPS) is 11.8. The minimum absolute atomic E-state index is 0.869. The molecule has 2 nitrogen and oxygen atoms in total. The number of benzene rings is 9. The van der Waals surface area contributed by atoms with Crippen molar-refractivity contribution in [1.82, 2.24) is 0 Å². The molecule has 3 heterocycles. The average molecular weight is 776 g/mol. The van der Waals surface area contributed by atoms with E-state index in [-0.39, 0.29) is 0 Å². The maximum atomic E-state index is 7.05. The lowest BCUT2D eigenvalue weighted by molar-refractivity contribution is 0.670. The smallest absolute Gasteiger partial charge is 0.145 e. The summed E-state index contributed by atoms with van der Waals surface area (Å²) in [4.78, 5) is 2.49. The van der Waals surface area contributed by atoms with Gasteiger partial charge in [0.05, 0.1) is 16.8 Å². The number of anilines is 3. The molecule has 0 atom stereocenters. The second kappa shape index (κ2) is 13.3. The molecule has 0 saturated carbocycles. The van der Waals surface area contributed by atoms with E-state index in [0.717, 1.165) is 61.3 Å². The first kappa shape index (κ1) is 33.2. The zero-order valence-electron chi connectivity index (χ0n) is 31.2. The van der Waals surface area contributed by atoms with Gasteiger partial charge in [-0.25, -0.2) is 0 Å². The van der Waals surface area contributed by atoms with Crippen molar-refractivity contribution in [3.05, 3.63) is 200 Å². The number of fused-ring (bicyclic) bond motifs is 9. The van der Waals surface area contributed by atoms with Crippen LogP contribution in [0.5, 0.6) is 0 Å². The summed E-state index contributed by atoms with van der Waals surface area (Å²) in [6.45, 7) is 0. The van der Waals surface area contributed by atoms with Gasteiger partial charge in [0.1, 0.15) is 11.2 Å². The molecule has 0 amide bonds. The summed E-state index contributed by atoms with van der Waals surface area (Å²) in [6.07, 6.45) is 0. The SMILES string of the molecule is c1ccc(-c2ccc3c(c2)oc2c(-c4ccccc4)ccc(N(c4ccc5sc6cc(-c7ccccc7)ccc6c5c4)c4cccc5sc6ccccc6c45)c23)cc1. The van der Waals surface area contributed by atoms with E-state index in [1.54, 1.807) is 0 Å². The zero-order chi connectivity index (χ0) is 38.2. The molecular weight excluding hydrogens is 743 g/mol. The van der Waals surface area contributed by atoms with E-state index in [0.29, 0.717) is 0 Å². The Balaban J connectivity index is 1.15. The maximum absolute atomic E-state index is 7.05. The molecule has 12 rings (SSSR count). The number of furan rings is 1. The Bertz CT molecular complexity index is 3510. The number of nitrogens with zero attached hydrogens (tertiary/aromatic N) is 1. The van der Waals surface area contributed by atoms with Crippen LogP contribution in [0.3, 0.4) is 0 Å². The summed E-state index contributed by atoms with van der Waals surface area (Å²) in [5.74, 6) is 0. The molecule has 4 heteroatoms. The Morgan fingerprint density at radius 2 is 0.966 bits per heavy atom. The van der Waals surface area contributed by atoms with Crippen LogP contribution in [0.2, 0.25) is 0 Å². The molecule has 0 aliphatic rings. The van der Waals surface area contributed by atoms with Crippen LogP contribution in [0.4, 0.5) is 17.1 Å². The fourth-order valence-corrected chi connectivity index (χ4v) is 11.0. The molecule has 0 aliphatic carbocycles. The van der Waals surface area contributed by atoms with Gasteiger partial charge in [-0.1, -0.05) is 133 Å². The highest BCUT2D eigenvalue weighted by Gasteiger charge is 2.25. The Hall–Kier alpha value is -6.98. The Labute approximate surface area is 343 Å². The molecule has 0 fully saturated rings. The van der Waals surface area contributed by atoms with Crippen molar-refractivity contribution in [2.75, 3.05) is 4.90 Å². The Kier molecular flexibility index (Phi) is 7.62. The van der Waals surface area contributed by atoms with Gasteiger partial charge < -0.3 is 9.32 Å². The second-order valence-corrected chi connectivity index (χ2v) is 17.0. The van der Waals surface area contributed by atoms with E-state index < -0.39 is 0 Å². The van der Waals surface area contributed by atoms with Crippen LogP contribution in [-0.4, -0.2) is 0 Å². The fourth-order valence-electron chi connectivity index (χ4n) is 8.77. The second-order valence-electron chi connectivity index (χ2n) is 14.8. The Morgan fingerprint density at radius 3 is 1.74 bits per heavy atom. The highest BCUT2D eigenvalue weighted by molar-refractivity contribution is 7.26. The lowest BCUT2D eigenvalue weighted by atomic mass is 9.98. The van der Waals surface area contributed by atoms with Gasteiger partial charge in [-0.05, 0) is 94.5 Å². The van der Waals surface area contributed by atoms with Gasteiger partial charge in [-0.2, -0.15) is 0 Å². The molecule has 0 saturated heterocycles. The van der Waals surface area contributed by atoms with Crippen molar-refractivity contribution in [3.8, 4) is 33.4 Å². The monoisotopic (exact) mass is 775 g/mol. The highest BCUT2D eigenvalue weighted by Crippen LogP contribution is 2.51. The lowest BCUT2D eigenvalue weighted by Crippen LogP contribution is -2.11. The quantitative estimate of drug-likeness (QED) is 0.167. The van der Waals surface area contributed by atoms with Crippen molar-refractivity contribution < 1.29 is 4.42 Å². The molecule has 12 aromatic rings. The van der Waals surface area contributed by atoms with Crippen LogP contribution in [0, 0.1) is 0 Å². The summed E-state index contributed by atoms with van der Waals surface area (Å²) >= 11 is 3.71. The zero-order valence-corrected chi connectivity index (χ0v) is 32.9. The first-order valence-corrected chi connectivity index (χ1v) is 21.2. The van der Waals surface area contributed by atoms with Crippen molar-refractivity contribution in [2.24, 2.45) is 0 Å². The molecule has 0 N–H and O–H groups in total. The first-order chi connectivity index (χ1) is 28.7. The molecular formula is C54H33NOS2. The van der Waals surface area contributed by atoms with Crippen LogP contribution in [-0.2, 0) is 0 Å². The molecule has 0 bridgehead atoms. The van der Waals surface area contributed by atoms with Gasteiger partial charge in [0.15, 0.2) is 0 Å². The lowest BCUT2D eigenvalue weighted by Gasteiger charge is -2.28. The molecule has 0 radical (unpaired) electrons. The number of hydrogen-bond acceptors (Lipinski definition) is 4. The first-order valence-electron chi connectivity index (χ1n) is 19.6. The maximum Gasteiger partial charge on any atom is 0.145 e. The van der Waals surface area contributed by atoms with E-state index in [2.05, 4.69) is 205 Å². The van der Waals surface area contributed by atoms with Gasteiger partial charge in [-0.15, -0.1) is 22.7 Å². The number of hydrogen-bond donors (Lipinski definition) is 0. The number of thiophene rings is 2. The highest BCUT2D eigenvalue weighted by atomic mass is 32.1. The minimum atomic E-state index is 0.869. The van der Waals surface area contributed by atoms with E-state index in [1.165, 1.54) is 51.5 Å². The van der Waals surface area contributed by atoms with Crippen LogP contribution < -0.4 is 4.90 Å². The van der Waals surface area contributed by atoms with Gasteiger partial charge in [0.25, 0.3) is 0 Å². The molecule has 0 unspecified atom stereocenters. The molecule has 3 aromatic heterocycles. The summed E-state index contributed by atoms with van der Waals surface area (Å²) < 4.78 is 12.2. The van der Waals surface area contributed by atoms with Gasteiger partial charge >= 0.3 is 0 Å². The van der Waals surface area contributed by atoms with Crippen LogP contribution >= 0.6 is 22.7 Å². The predicted octanol–water partition coefficient (Wildman–Crippen LogP) is 16.8. The Morgan fingerprint density at radius 1 is 0.345 bits per heavy atom. The van der Waals surface area contributed by atoms with E-state index >= 15 is 0 Å². The van der Waals surface area contributed by atoms with Crippen molar-refractivity contribution >= 4 is 102 Å². The van der Waals surface area contributed by atoms with E-state index in [4.69, 9.17) is 4.42 Å². The summed E-state index contributed by atoms with van der Waals surface area (Å²) in [5.41, 5.74) is 12.0. The standard InChI is InChI=1S/C54H33NOS2/c1-4-13-34(14-5-1)37-24-27-42-47(31-37)56-54-40(36-17-8-3-9-18-36)28-29-46(53(42)54)55(45-20-12-22-50-52(45)43-19-10-11-21-48(43)57-50)39-25-30-49-44(33-39)41-26-23-38(32-51(41)58-49)35-15-6-2-7-16-35/h1-33H. The van der Waals surface area contributed by atoms with Gasteiger partial charge in [0, 0.05) is 57.0 Å². The largest absolute Gasteiger partial charge is 0.455 e.